The molecule has 1 N–H and O–H groups in total. The summed E-state index contributed by atoms with van der Waals surface area (Å²) in [6, 6.07) is 7.18. The van der Waals surface area contributed by atoms with Gasteiger partial charge in [-0.3, -0.25) is 14.5 Å². The van der Waals surface area contributed by atoms with E-state index in [2.05, 4.69) is 5.32 Å². The summed E-state index contributed by atoms with van der Waals surface area (Å²) in [4.78, 5) is 26.7. The molecular weight excluding hydrogens is 264 g/mol. The van der Waals surface area contributed by atoms with Gasteiger partial charge in [0.05, 0.1) is 12.1 Å². The van der Waals surface area contributed by atoms with Crippen molar-refractivity contribution >= 4 is 11.7 Å². The van der Waals surface area contributed by atoms with Crippen LogP contribution in [0.15, 0.2) is 24.3 Å². The Bertz CT molecular complexity index is 510. The van der Waals surface area contributed by atoms with Gasteiger partial charge >= 0.3 is 0 Å². The second-order valence-corrected chi connectivity index (χ2v) is 5.77. The molecule has 2 unspecified atom stereocenters. The van der Waals surface area contributed by atoms with E-state index < -0.39 is 0 Å². The molecule has 0 aromatic heterocycles. The van der Waals surface area contributed by atoms with E-state index in [9.17, 15) is 9.59 Å². The summed E-state index contributed by atoms with van der Waals surface area (Å²) in [7, 11) is 1.65. The van der Waals surface area contributed by atoms with Gasteiger partial charge < -0.3 is 5.32 Å². The van der Waals surface area contributed by atoms with Gasteiger partial charge in [-0.15, -0.1) is 0 Å². The number of carbonyl (C=O) groups is 2. The molecule has 1 saturated heterocycles. The van der Waals surface area contributed by atoms with Gasteiger partial charge in [-0.1, -0.05) is 36.2 Å². The number of Topliss-reactive ketones (excluding diaryl/α,β-unsaturated/α-hetero) is 1. The standard InChI is InChI=1S/C17H24N2O2/c1-12-7-9-14(10-8-12)16(20)13(2)19-11-5-4-6-15(19)17(21)18-3/h7-10,13,15H,4-6,11H2,1-3H3,(H,18,21). The highest BCUT2D eigenvalue weighted by Gasteiger charge is 2.34. The molecule has 1 aliphatic heterocycles. The Morgan fingerprint density at radius 2 is 1.90 bits per heavy atom. The van der Waals surface area contributed by atoms with Crippen LogP contribution in [0.2, 0.25) is 0 Å². The number of rotatable bonds is 4. The lowest BCUT2D eigenvalue weighted by atomic mass is 9.95. The number of ketones is 1. The number of likely N-dealkylation sites (tertiary alicyclic amines) is 1. The maximum atomic E-state index is 12.6. The number of piperidine rings is 1. The van der Waals surface area contributed by atoms with Gasteiger partial charge in [0, 0.05) is 12.6 Å². The SMILES string of the molecule is CNC(=O)C1CCCCN1C(C)C(=O)c1ccc(C)cc1. The minimum atomic E-state index is -0.268. The van der Waals surface area contributed by atoms with Crippen LogP contribution in [0.5, 0.6) is 0 Å². The van der Waals surface area contributed by atoms with E-state index in [4.69, 9.17) is 0 Å². The Kier molecular flexibility index (Phi) is 5.12. The molecule has 2 rings (SSSR count). The first-order valence-corrected chi connectivity index (χ1v) is 7.63. The number of hydrogen-bond acceptors (Lipinski definition) is 3. The highest BCUT2D eigenvalue weighted by atomic mass is 16.2. The minimum Gasteiger partial charge on any atom is -0.358 e. The summed E-state index contributed by atoms with van der Waals surface area (Å²) in [5, 5.41) is 2.71. The van der Waals surface area contributed by atoms with Gasteiger partial charge in [-0.05, 0) is 33.2 Å². The Balaban J connectivity index is 2.16. The largest absolute Gasteiger partial charge is 0.358 e. The third-order valence-corrected chi connectivity index (χ3v) is 4.31. The molecule has 21 heavy (non-hydrogen) atoms. The average Bonchev–Trinajstić information content (AvgIpc) is 2.53. The van der Waals surface area contributed by atoms with Gasteiger partial charge in [-0.2, -0.15) is 0 Å². The number of nitrogens with zero attached hydrogens (tertiary/aromatic N) is 1. The smallest absolute Gasteiger partial charge is 0.237 e. The molecule has 1 aromatic carbocycles. The second kappa shape index (κ2) is 6.85. The molecular formula is C17H24N2O2. The van der Waals surface area contributed by atoms with Crippen LogP contribution in [-0.4, -0.2) is 42.3 Å². The maximum Gasteiger partial charge on any atom is 0.237 e. The molecule has 4 nitrogen and oxygen atoms in total. The van der Waals surface area contributed by atoms with Crippen LogP contribution < -0.4 is 5.32 Å². The molecule has 2 atom stereocenters. The van der Waals surface area contributed by atoms with E-state index in [-0.39, 0.29) is 23.8 Å². The molecule has 0 radical (unpaired) electrons. The third-order valence-electron chi connectivity index (χ3n) is 4.31. The van der Waals surface area contributed by atoms with Gasteiger partial charge in [0.2, 0.25) is 5.91 Å². The molecule has 0 spiro atoms. The maximum absolute atomic E-state index is 12.6. The molecule has 1 heterocycles. The van der Waals surface area contributed by atoms with Crippen LogP contribution in [0.4, 0.5) is 0 Å². The summed E-state index contributed by atoms with van der Waals surface area (Å²) in [5.41, 5.74) is 1.86. The van der Waals surface area contributed by atoms with E-state index in [1.54, 1.807) is 7.05 Å². The number of benzene rings is 1. The first-order chi connectivity index (χ1) is 10.0. The number of amides is 1. The zero-order valence-corrected chi connectivity index (χ0v) is 13.1. The van der Waals surface area contributed by atoms with Crippen molar-refractivity contribution in [2.45, 2.75) is 45.2 Å². The van der Waals surface area contributed by atoms with Gasteiger partial charge in [0.1, 0.15) is 0 Å². The van der Waals surface area contributed by atoms with Gasteiger partial charge in [0.15, 0.2) is 5.78 Å². The molecule has 1 fully saturated rings. The quantitative estimate of drug-likeness (QED) is 0.864. The van der Waals surface area contributed by atoms with Crippen molar-refractivity contribution in [2.24, 2.45) is 0 Å². The molecule has 0 bridgehead atoms. The first kappa shape index (κ1) is 15.7. The summed E-state index contributed by atoms with van der Waals surface area (Å²) >= 11 is 0. The van der Waals surface area contributed by atoms with Crippen molar-refractivity contribution in [1.29, 1.82) is 0 Å². The summed E-state index contributed by atoms with van der Waals surface area (Å²) in [6.07, 6.45) is 2.91. The number of aryl methyl sites for hydroxylation is 1. The molecule has 0 saturated carbocycles. The fraction of sp³-hybridized carbons (Fsp3) is 0.529. The predicted molar refractivity (Wildman–Crippen MR) is 83.4 cm³/mol. The summed E-state index contributed by atoms with van der Waals surface area (Å²) < 4.78 is 0. The van der Waals surface area contributed by atoms with Crippen molar-refractivity contribution in [1.82, 2.24) is 10.2 Å². The predicted octanol–water partition coefficient (Wildman–Crippen LogP) is 2.17. The molecule has 1 aliphatic rings. The normalized spacial score (nSPS) is 20.8. The van der Waals surface area contributed by atoms with Crippen LogP contribution in [0.1, 0.15) is 42.1 Å². The lowest BCUT2D eigenvalue weighted by molar-refractivity contribution is -0.127. The Morgan fingerprint density at radius 3 is 2.52 bits per heavy atom. The Hall–Kier alpha value is -1.68. The molecule has 0 aliphatic carbocycles. The average molecular weight is 288 g/mol. The van der Waals surface area contributed by atoms with Gasteiger partial charge in [0.25, 0.3) is 0 Å². The van der Waals surface area contributed by atoms with Crippen molar-refractivity contribution < 1.29 is 9.59 Å². The topological polar surface area (TPSA) is 49.4 Å². The third kappa shape index (κ3) is 3.50. The van der Waals surface area contributed by atoms with Crippen LogP contribution in [0, 0.1) is 6.92 Å². The summed E-state index contributed by atoms with van der Waals surface area (Å²) in [6.45, 7) is 4.71. The van der Waals surface area contributed by atoms with E-state index in [0.717, 1.165) is 31.4 Å². The lowest BCUT2D eigenvalue weighted by Crippen LogP contribution is -2.54. The van der Waals surface area contributed by atoms with Crippen LogP contribution in [-0.2, 0) is 4.79 Å². The van der Waals surface area contributed by atoms with Crippen molar-refractivity contribution in [2.75, 3.05) is 13.6 Å². The number of carbonyl (C=O) groups excluding carboxylic acids is 2. The van der Waals surface area contributed by atoms with E-state index in [0.29, 0.717) is 5.56 Å². The zero-order chi connectivity index (χ0) is 15.4. The fourth-order valence-electron chi connectivity index (χ4n) is 2.98. The molecule has 114 valence electrons. The Morgan fingerprint density at radius 1 is 1.24 bits per heavy atom. The second-order valence-electron chi connectivity index (χ2n) is 5.77. The van der Waals surface area contributed by atoms with E-state index in [1.165, 1.54) is 0 Å². The monoisotopic (exact) mass is 288 g/mol. The summed E-state index contributed by atoms with van der Waals surface area (Å²) in [5.74, 6) is 0.101. The number of likely N-dealkylation sites (N-methyl/N-ethyl adjacent to an activating group) is 1. The molecule has 4 heteroatoms. The van der Waals surface area contributed by atoms with Crippen molar-refractivity contribution in [3.8, 4) is 0 Å². The fourth-order valence-corrected chi connectivity index (χ4v) is 2.98. The van der Waals surface area contributed by atoms with Gasteiger partial charge in [-0.25, -0.2) is 0 Å². The van der Waals surface area contributed by atoms with Crippen LogP contribution in [0.25, 0.3) is 0 Å². The number of hydrogen-bond donors (Lipinski definition) is 1. The lowest BCUT2D eigenvalue weighted by Gasteiger charge is -2.38. The number of nitrogens with one attached hydrogen (secondary N) is 1. The zero-order valence-electron chi connectivity index (χ0n) is 13.1. The Labute approximate surface area is 126 Å². The molecule has 1 amide bonds. The van der Waals surface area contributed by atoms with Crippen LogP contribution >= 0.6 is 0 Å². The van der Waals surface area contributed by atoms with Crippen LogP contribution in [0.3, 0.4) is 0 Å². The van der Waals surface area contributed by atoms with Crippen molar-refractivity contribution in [3.63, 3.8) is 0 Å². The molecule has 1 aromatic rings. The minimum absolute atomic E-state index is 0.0123. The van der Waals surface area contributed by atoms with E-state index >= 15 is 0 Å². The first-order valence-electron chi connectivity index (χ1n) is 7.63. The van der Waals surface area contributed by atoms with Crippen molar-refractivity contribution in [3.05, 3.63) is 35.4 Å². The van der Waals surface area contributed by atoms with E-state index in [1.807, 2.05) is 43.0 Å². The highest BCUT2D eigenvalue weighted by Crippen LogP contribution is 2.22. The highest BCUT2D eigenvalue weighted by molar-refractivity contribution is 6.00.